The third-order valence-electron chi connectivity index (χ3n) is 2.79. The first-order valence-electron chi connectivity index (χ1n) is 6.09. The van der Waals surface area contributed by atoms with E-state index in [1.54, 1.807) is 11.8 Å². The van der Waals surface area contributed by atoms with Crippen molar-refractivity contribution in [1.82, 2.24) is 25.5 Å². The van der Waals surface area contributed by atoms with Gasteiger partial charge in [-0.05, 0) is 51.5 Å². The van der Waals surface area contributed by atoms with Gasteiger partial charge in [-0.3, -0.25) is 0 Å². The van der Waals surface area contributed by atoms with Gasteiger partial charge in [0.1, 0.15) is 0 Å². The molecule has 0 amide bonds. The lowest BCUT2D eigenvalue weighted by molar-refractivity contribution is 0.196. The summed E-state index contributed by atoms with van der Waals surface area (Å²) in [6, 6.07) is 5.58. The summed E-state index contributed by atoms with van der Waals surface area (Å²) in [5, 5.41) is 15.7. The molecular formula is C12H15BrClN5O. The number of tetrazole rings is 1. The lowest BCUT2D eigenvalue weighted by atomic mass is 10.3. The maximum absolute atomic E-state index is 6.10. The van der Waals surface area contributed by atoms with Crippen molar-refractivity contribution >= 4 is 27.5 Å². The lowest BCUT2D eigenvalue weighted by Crippen LogP contribution is -2.25. The van der Waals surface area contributed by atoms with Crippen LogP contribution in [0.15, 0.2) is 22.7 Å². The zero-order valence-corrected chi connectivity index (χ0v) is 13.5. The molecule has 20 heavy (non-hydrogen) atoms. The van der Waals surface area contributed by atoms with Gasteiger partial charge in [-0.25, -0.2) is 0 Å². The summed E-state index contributed by atoms with van der Waals surface area (Å²) < 4.78 is 7.52. The Balaban J connectivity index is 2.21. The fourth-order valence-corrected chi connectivity index (χ4v) is 2.15. The summed E-state index contributed by atoms with van der Waals surface area (Å²) in [7, 11) is 1.67. The van der Waals surface area contributed by atoms with Crippen LogP contribution in [0.1, 0.15) is 18.8 Å². The second-order valence-corrected chi connectivity index (χ2v) is 5.48. The van der Waals surface area contributed by atoms with Gasteiger partial charge in [-0.2, -0.15) is 4.68 Å². The summed E-state index contributed by atoms with van der Waals surface area (Å²) in [6.07, 6.45) is 0. The number of nitrogens with one attached hydrogen (secondary N) is 1. The van der Waals surface area contributed by atoms with Crippen molar-refractivity contribution in [2.75, 3.05) is 20.3 Å². The Kier molecular flexibility index (Phi) is 5.47. The van der Waals surface area contributed by atoms with Gasteiger partial charge in [-0.15, -0.1) is 5.10 Å². The first-order valence-corrected chi connectivity index (χ1v) is 7.26. The first-order chi connectivity index (χ1) is 9.63. The summed E-state index contributed by atoms with van der Waals surface area (Å²) in [6.45, 7) is 3.36. The Morgan fingerprint density at radius 3 is 3.00 bits per heavy atom. The monoisotopic (exact) mass is 359 g/mol. The molecule has 1 unspecified atom stereocenters. The molecule has 0 aliphatic heterocycles. The molecule has 0 aliphatic rings. The molecule has 2 rings (SSSR count). The molecule has 1 aromatic heterocycles. The number of benzene rings is 1. The maximum Gasteiger partial charge on any atom is 0.173 e. The largest absolute Gasteiger partial charge is 0.383 e. The molecule has 1 N–H and O–H groups in total. The zero-order valence-electron chi connectivity index (χ0n) is 11.2. The van der Waals surface area contributed by atoms with Crippen LogP contribution in [-0.4, -0.2) is 40.5 Å². The highest BCUT2D eigenvalue weighted by molar-refractivity contribution is 9.10. The molecule has 108 valence electrons. The van der Waals surface area contributed by atoms with Crippen LogP contribution in [-0.2, 0) is 4.74 Å². The lowest BCUT2D eigenvalue weighted by Gasteiger charge is -2.13. The second kappa shape index (κ2) is 7.12. The van der Waals surface area contributed by atoms with Crippen LogP contribution in [0.3, 0.4) is 0 Å². The summed E-state index contributed by atoms with van der Waals surface area (Å²) in [4.78, 5) is 0. The normalized spacial score (nSPS) is 12.6. The van der Waals surface area contributed by atoms with Crippen LogP contribution >= 0.6 is 27.5 Å². The highest BCUT2D eigenvalue weighted by Crippen LogP contribution is 2.25. The molecule has 2 aromatic rings. The molecule has 6 nitrogen and oxygen atoms in total. The number of ether oxygens (including phenoxy) is 1. The SMILES string of the molecule is COCCNC(C)c1nnnn1-c1ccc(Br)c(Cl)c1. The van der Waals surface area contributed by atoms with Crippen molar-refractivity contribution in [2.24, 2.45) is 0 Å². The first kappa shape index (κ1) is 15.4. The van der Waals surface area contributed by atoms with E-state index >= 15 is 0 Å². The minimum atomic E-state index is 0.00238. The smallest absolute Gasteiger partial charge is 0.173 e. The van der Waals surface area contributed by atoms with Gasteiger partial charge in [0.25, 0.3) is 0 Å². The number of rotatable bonds is 6. The molecule has 0 fully saturated rings. The van der Waals surface area contributed by atoms with Crippen LogP contribution in [0.4, 0.5) is 0 Å². The Labute approximate surface area is 130 Å². The van der Waals surface area contributed by atoms with Crippen molar-refractivity contribution in [1.29, 1.82) is 0 Å². The number of nitrogens with zero attached hydrogens (tertiary/aromatic N) is 4. The predicted molar refractivity (Wildman–Crippen MR) is 80.2 cm³/mol. The Bertz CT molecular complexity index is 577. The molecular weight excluding hydrogens is 346 g/mol. The van der Waals surface area contributed by atoms with E-state index in [1.807, 2.05) is 25.1 Å². The third-order valence-corrected chi connectivity index (χ3v) is 4.02. The molecule has 0 saturated heterocycles. The van der Waals surface area contributed by atoms with Gasteiger partial charge in [0, 0.05) is 18.1 Å². The molecule has 0 spiro atoms. The third kappa shape index (κ3) is 3.54. The molecule has 0 aliphatic carbocycles. The van der Waals surface area contributed by atoms with Crippen molar-refractivity contribution in [2.45, 2.75) is 13.0 Å². The van der Waals surface area contributed by atoms with E-state index in [0.29, 0.717) is 11.6 Å². The molecule has 0 radical (unpaired) electrons. The Hall–Kier alpha value is -1.02. The number of hydrogen-bond acceptors (Lipinski definition) is 5. The summed E-state index contributed by atoms with van der Waals surface area (Å²) in [5.41, 5.74) is 0.818. The highest BCUT2D eigenvalue weighted by atomic mass is 79.9. The fourth-order valence-electron chi connectivity index (χ4n) is 1.73. The molecule has 8 heteroatoms. The molecule has 0 saturated carbocycles. The number of halogens is 2. The molecule has 1 atom stereocenters. The standard InChI is InChI=1S/C12H15BrClN5O/c1-8(15-5-6-20-2)12-16-17-18-19(12)9-3-4-10(13)11(14)7-9/h3-4,7-8,15H,5-6H2,1-2H3. The average molecular weight is 361 g/mol. The van der Waals surface area contributed by atoms with Crippen molar-refractivity contribution in [3.8, 4) is 5.69 Å². The summed E-state index contributed by atoms with van der Waals surface area (Å²) >= 11 is 9.47. The number of hydrogen-bond donors (Lipinski definition) is 1. The predicted octanol–water partition coefficient (Wildman–Crippen LogP) is 2.38. The van der Waals surface area contributed by atoms with Crippen LogP contribution in [0, 0.1) is 0 Å². The van der Waals surface area contributed by atoms with Crippen molar-refractivity contribution in [3.63, 3.8) is 0 Å². The molecule has 0 bridgehead atoms. The van der Waals surface area contributed by atoms with E-state index in [-0.39, 0.29) is 6.04 Å². The highest BCUT2D eigenvalue weighted by Gasteiger charge is 2.15. The molecule has 1 aromatic carbocycles. The van der Waals surface area contributed by atoms with E-state index in [1.165, 1.54) is 0 Å². The van der Waals surface area contributed by atoms with E-state index in [0.717, 1.165) is 22.5 Å². The van der Waals surface area contributed by atoms with Crippen LogP contribution in [0.5, 0.6) is 0 Å². The van der Waals surface area contributed by atoms with E-state index in [4.69, 9.17) is 16.3 Å². The van der Waals surface area contributed by atoms with Gasteiger partial charge >= 0.3 is 0 Å². The minimum absolute atomic E-state index is 0.00238. The number of aromatic nitrogens is 4. The van der Waals surface area contributed by atoms with Crippen LogP contribution in [0.25, 0.3) is 5.69 Å². The molecule has 1 heterocycles. The van der Waals surface area contributed by atoms with Crippen molar-refractivity contribution < 1.29 is 4.74 Å². The Morgan fingerprint density at radius 2 is 2.30 bits per heavy atom. The zero-order chi connectivity index (χ0) is 14.5. The van der Waals surface area contributed by atoms with Crippen LogP contribution in [0.2, 0.25) is 5.02 Å². The quantitative estimate of drug-likeness (QED) is 0.801. The maximum atomic E-state index is 6.10. The second-order valence-electron chi connectivity index (χ2n) is 4.22. The van der Waals surface area contributed by atoms with Gasteiger partial charge in [-0.1, -0.05) is 11.6 Å². The van der Waals surface area contributed by atoms with Gasteiger partial charge in [0.2, 0.25) is 0 Å². The van der Waals surface area contributed by atoms with Gasteiger partial charge < -0.3 is 10.1 Å². The van der Waals surface area contributed by atoms with Gasteiger partial charge in [0.05, 0.1) is 23.4 Å². The van der Waals surface area contributed by atoms with Gasteiger partial charge in [0.15, 0.2) is 5.82 Å². The van der Waals surface area contributed by atoms with Crippen molar-refractivity contribution in [3.05, 3.63) is 33.5 Å². The van der Waals surface area contributed by atoms with E-state index in [9.17, 15) is 0 Å². The topological polar surface area (TPSA) is 64.9 Å². The van der Waals surface area contributed by atoms with Crippen LogP contribution < -0.4 is 5.32 Å². The average Bonchev–Trinajstić information content (AvgIpc) is 2.91. The minimum Gasteiger partial charge on any atom is -0.383 e. The van der Waals surface area contributed by atoms with E-state index < -0.39 is 0 Å². The summed E-state index contributed by atoms with van der Waals surface area (Å²) in [5.74, 6) is 0.722. The Morgan fingerprint density at radius 1 is 1.50 bits per heavy atom. The fraction of sp³-hybridized carbons (Fsp3) is 0.417. The number of methoxy groups -OCH3 is 1. The van der Waals surface area contributed by atoms with E-state index in [2.05, 4.69) is 36.8 Å².